The molecule has 5 aromatic rings. The van der Waals surface area contributed by atoms with Gasteiger partial charge in [-0.1, -0.05) is 42.5 Å². The Kier molecular flexibility index (Phi) is 5.23. The normalized spacial score (nSPS) is 10.9. The number of anilines is 1. The molecule has 2 aromatic carbocycles. The lowest BCUT2D eigenvalue weighted by Crippen LogP contribution is -2.16. The Bertz CT molecular complexity index is 1320. The molecule has 32 heavy (non-hydrogen) atoms. The maximum absolute atomic E-state index is 12.6. The Morgan fingerprint density at radius 1 is 0.906 bits per heavy atom. The summed E-state index contributed by atoms with van der Waals surface area (Å²) in [4.78, 5) is 14.1. The van der Waals surface area contributed by atoms with E-state index in [1.54, 1.807) is 23.1 Å². The number of aromatic nitrogens is 8. The van der Waals surface area contributed by atoms with E-state index in [1.165, 1.54) is 4.80 Å². The SMILES string of the molecule is O=C(Nc1cccc(Cn2cccn2)c1)c1ccn(Cn2nnc(-c3ccccc3)n2)n1. The molecule has 5 rings (SSSR count). The van der Waals surface area contributed by atoms with Crippen LogP contribution in [0.25, 0.3) is 11.4 Å². The van der Waals surface area contributed by atoms with E-state index in [9.17, 15) is 4.79 Å². The van der Waals surface area contributed by atoms with Crippen LogP contribution >= 0.6 is 0 Å². The second-order valence-electron chi connectivity index (χ2n) is 7.09. The van der Waals surface area contributed by atoms with Gasteiger partial charge in [-0.15, -0.1) is 15.0 Å². The smallest absolute Gasteiger partial charge is 0.276 e. The molecule has 0 aliphatic carbocycles. The highest BCUT2D eigenvalue weighted by atomic mass is 16.2. The van der Waals surface area contributed by atoms with Crippen LogP contribution in [0.4, 0.5) is 5.69 Å². The van der Waals surface area contributed by atoms with Gasteiger partial charge in [0.1, 0.15) is 0 Å². The molecule has 3 aromatic heterocycles. The highest BCUT2D eigenvalue weighted by Gasteiger charge is 2.12. The molecule has 0 aliphatic rings. The van der Waals surface area contributed by atoms with E-state index in [-0.39, 0.29) is 12.6 Å². The van der Waals surface area contributed by atoms with Crippen molar-refractivity contribution >= 4 is 11.6 Å². The number of hydrogen-bond donors (Lipinski definition) is 1. The van der Waals surface area contributed by atoms with E-state index >= 15 is 0 Å². The summed E-state index contributed by atoms with van der Waals surface area (Å²) < 4.78 is 3.41. The number of benzene rings is 2. The first kappa shape index (κ1) is 19.4. The maximum atomic E-state index is 12.6. The van der Waals surface area contributed by atoms with Crippen molar-refractivity contribution in [1.82, 2.24) is 39.8 Å². The molecule has 0 saturated carbocycles. The molecular formula is C22H19N9O. The molecule has 0 atom stereocenters. The first-order valence-electron chi connectivity index (χ1n) is 9.97. The second-order valence-corrected chi connectivity index (χ2v) is 7.09. The van der Waals surface area contributed by atoms with E-state index in [0.717, 1.165) is 11.1 Å². The molecule has 0 bridgehead atoms. The van der Waals surface area contributed by atoms with Crippen molar-refractivity contribution < 1.29 is 4.79 Å². The summed E-state index contributed by atoms with van der Waals surface area (Å²) in [5.41, 5.74) is 2.91. The van der Waals surface area contributed by atoms with Crippen LogP contribution in [0.15, 0.2) is 85.3 Å². The zero-order valence-electron chi connectivity index (χ0n) is 17.0. The Morgan fingerprint density at radius 2 is 1.81 bits per heavy atom. The van der Waals surface area contributed by atoms with Gasteiger partial charge in [0.2, 0.25) is 5.82 Å². The fourth-order valence-corrected chi connectivity index (χ4v) is 3.22. The number of nitrogens with zero attached hydrogens (tertiary/aromatic N) is 8. The van der Waals surface area contributed by atoms with E-state index < -0.39 is 0 Å². The van der Waals surface area contributed by atoms with Crippen molar-refractivity contribution in [2.75, 3.05) is 5.32 Å². The standard InChI is InChI=1S/C22H19N9O/c32-22(24-19-9-4-6-17(14-19)15-29-12-5-11-23-29)20-10-13-30(26-20)16-31-27-21(25-28-31)18-7-2-1-3-8-18/h1-14H,15-16H2,(H,24,32). The molecule has 10 heteroatoms. The van der Waals surface area contributed by atoms with Crippen LogP contribution in [-0.4, -0.2) is 45.7 Å². The van der Waals surface area contributed by atoms with Gasteiger partial charge in [0.05, 0.1) is 6.54 Å². The highest BCUT2D eigenvalue weighted by molar-refractivity contribution is 6.02. The summed E-state index contributed by atoms with van der Waals surface area (Å²) in [6.45, 7) is 0.869. The quantitative estimate of drug-likeness (QED) is 0.429. The number of rotatable bonds is 7. The third kappa shape index (κ3) is 4.43. The van der Waals surface area contributed by atoms with Crippen molar-refractivity contribution in [3.63, 3.8) is 0 Å². The van der Waals surface area contributed by atoms with Crippen LogP contribution in [0.3, 0.4) is 0 Å². The molecule has 1 amide bonds. The number of tetrazole rings is 1. The summed E-state index contributed by atoms with van der Waals surface area (Å²) in [5, 5.41) is 23.9. The van der Waals surface area contributed by atoms with Crippen LogP contribution in [-0.2, 0) is 13.2 Å². The number of nitrogens with one attached hydrogen (secondary N) is 1. The second kappa shape index (κ2) is 8.64. The lowest BCUT2D eigenvalue weighted by molar-refractivity contribution is 0.102. The average molecular weight is 425 g/mol. The third-order valence-electron chi connectivity index (χ3n) is 4.72. The minimum Gasteiger partial charge on any atom is -0.321 e. The molecule has 0 aliphatic heterocycles. The first-order valence-corrected chi connectivity index (χ1v) is 9.97. The predicted octanol–water partition coefficient (Wildman–Crippen LogP) is 2.54. The highest BCUT2D eigenvalue weighted by Crippen LogP contribution is 2.14. The number of amides is 1. The van der Waals surface area contributed by atoms with Gasteiger partial charge in [0.25, 0.3) is 5.91 Å². The molecule has 0 fully saturated rings. The number of carbonyl (C=O) groups is 1. The molecular weight excluding hydrogens is 406 g/mol. The largest absolute Gasteiger partial charge is 0.321 e. The van der Waals surface area contributed by atoms with Crippen LogP contribution in [0.2, 0.25) is 0 Å². The van der Waals surface area contributed by atoms with Crippen LogP contribution in [0.1, 0.15) is 16.1 Å². The monoisotopic (exact) mass is 425 g/mol. The first-order chi connectivity index (χ1) is 15.7. The summed E-state index contributed by atoms with van der Waals surface area (Å²) in [7, 11) is 0. The Balaban J connectivity index is 1.23. The Labute approximate surface area is 183 Å². The van der Waals surface area contributed by atoms with Crippen molar-refractivity contribution in [2.45, 2.75) is 13.2 Å². The predicted molar refractivity (Wildman–Crippen MR) is 117 cm³/mol. The van der Waals surface area contributed by atoms with E-state index in [1.807, 2.05) is 71.5 Å². The van der Waals surface area contributed by atoms with Gasteiger partial charge < -0.3 is 5.32 Å². The fourth-order valence-electron chi connectivity index (χ4n) is 3.22. The fraction of sp³-hybridized carbons (Fsp3) is 0.0909. The number of hydrogen-bond acceptors (Lipinski definition) is 6. The summed E-state index contributed by atoms with van der Waals surface area (Å²) in [5.74, 6) is 0.238. The van der Waals surface area contributed by atoms with Gasteiger partial charge in [0, 0.05) is 29.8 Å². The molecule has 158 valence electrons. The van der Waals surface area contributed by atoms with Gasteiger partial charge in [-0.05, 0) is 35.0 Å². The third-order valence-corrected chi connectivity index (χ3v) is 4.72. The van der Waals surface area contributed by atoms with Crippen molar-refractivity contribution in [1.29, 1.82) is 0 Å². The summed E-state index contributed by atoms with van der Waals surface area (Å²) in [6, 6.07) is 20.8. The van der Waals surface area contributed by atoms with Crippen molar-refractivity contribution in [3.8, 4) is 11.4 Å². The molecule has 0 spiro atoms. The minimum absolute atomic E-state index is 0.243. The lowest BCUT2D eigenvalue weighted by atomic mass is 10.2. The van der Waals surface area contributed by atoms with Gasteiger partial charge in [-0.3, -0.25) is 9.48 Å². The summed E-state index contributed by atoms with van der Waals surface area (Å²) in [6.07, 6.45) is 5.33. The lowest BCUT2D eigenvalue weighted by Gasteiger charge is -2.07. The Morgan fingerprint density at radius 3 is 2.66 bits per heavy atom. The molecule has 3 heterocycles. The van der Waals surface area contributed by atoms with Crippen LogP contribution in [0, 0.1) is 0 Å². The van der Waals surface area contributed by atoms with E-state index in [2.05, 4.69) is 30.9 Å². The zero-order chi connectivity index (χ0) is 21.8. The molecule has 1 N–H and O–H groups in total. The van der Waals surface area contributed by atoms with Gasteiger partial charge in [-0.2, -0.15) is 10.2 Å². The average Bonchev–Trinajstić information content (AvgIpc) is 3.58. The van der Waals surface area contributed by atoms with E-state index in [0.29, 0.717) is 23.8 Å². The molecule has 10 nitrogen and oxygen atoms in total. The van der Waals surface area contributed by atoms with Crippen LogP contribution < -0.4 is 5.32 Å². The molecule has 0 radical (unpaired) electrons. The van der Waals surface area contributed by atoms with Crippen molar-refractivity contribution in [2.24, 2.45) is 0 Å². The topological polar surface area (TPSA) is 108 Å². The zero-order valence-corrected chi connectivity index (χ0v) is 17.0. The maximum Gasteiger partial charge on any atom is 0.276 e. The van der Waals surface area contributed by atoms with Gasteiger partial charge in [0.15, 0.2) is 12.4 Å². The Hall–Kier alpha value is -4.60. The van der Waals surface area contributed by atoms with E-state index in [4.69, 9.17) is 0 Å². The van der Waals surface area contributed by atoms with Gasteiger partial charge >= 0.3 is 0 Å². The number of carbonyl (C=O) groups excluding carboxylic acids is 1. The van der Waals surface area contributed by atoms with Crippen molar-refractivity contribution in [3.05, 3.63) is 96.6 Å². The van der Waals surface area contributed by atoms with Crippen LogP contribution in [0.5, 0.6) is 0 Å². The van der Waals surface area contributed by atoms with Gasteiger partial charge in [-0.25, -0.2) is 4.68 Å². The minimum atomic E-state index is -0.295. The molecule has 0 saturated heterocycles. The summed E-state index contributed by atoms with van der Waals surface area (Å²) >= 11 is 0. The molecule has 0 unspecified atom stereocenters.